The Kier molecular flexibility index (Phi) is 4.69. The quantitative estimate of drug-likeness (QED) is 0.755. The van der Waals surface area contributed by atoms with Crippen LogP contribution in [0.25, 0.3) is 10.7 Å². The third-order valence-electron chi connectivity index (χ3n) is 3.07. The highest BCUT2D eigenvalue weighted by Gasteiger charge is 2.09. The first kappa shape index (κ1) is 14.3. The third-order valence-corrected chi connectivity index (χ3v) is 4.99. The molecule has 3 rings (SSSR count). The second kappa shape index (κ2) is 6.89. The average Bonchev–Trinajstić information content (AvgIpc) is 3.20. The normalized spacial score (nSPS) is 12.4. The predicted molar refractivity (Wildman–Crippen MR) is 87.6 cm³/mol. The second-order valence-electron chi connectivity index (χ2n) is 4.76. The smallest absolute Gasteiger partial charge is 0.142 e. The molecule has 3 aromatic heterocycles. The van der Waals surface area contributed by atoms with Crippen LogP contribution in [0.2, 0.25) is 0 Å². The Balaban J connectivity index is 1.54. The lowest BCUT2D eigenvalue weighted by molar-refractivity contribution is 0.608. The lowest BCUT2D eigenvalue weighted by Crippen LogP contribution is -2.19. The van der Waals surface area contributed by atoms with E-state index in [9.17, 15) is 0 Å². The van der Waals surface area contributed by atoms with Gasteiger partial charge in [-0.1, -0.05) is 13.0 Å². The number of pyridine rings is 1. The lowest BCUT2D eigenvalue weighted by atomic mass is 10.2. The zero-order valence-electron chi connectivity index (χ0n) is 11.7. The van der Waals surface area contributed by atoms with Gasteiger partial charge in [-0.3, -0.25) is 4.98 Å². The maximum atomic E-state index is 4.62. The second-order valence-corrected chi connectivity index (χ2v) is 6.55. The summed E-state index contributed by atoms with van der Waals surface area (Å²) in [6.45, 7) is 3.87. The minimum Gasteiger partial charge on any atom is -0.310 e. The summed E-state index contributed by atoms with van der Waals surface area (Å²) in [6.07, 6.45) is 3.65. The van der Waals surface area contributed by atoms with Crippen molar-refractivity contribution in [1.82, 2.24) is 20.3 Å². The topological polar surface area (TPSA) is 50.7 Å². The highest BCUT2D eigenvalue weighted by molar-refractivity contribution is 7.13. The van der Waals surface area contributed by atoms with E-state index in [0.717, 1.165) is 29.5 Å². The van der Waals surface area contributed by atoms with Crippen LogP contribution >= 0.6 is 22.7 Å². The summed E-state index contributed by atoms with van der Waals surface area (Å²) in [7, 11) is 0. The van der Waals surface area contributed by atoms with Gasteiger partial charge in [0.1, 0.15) is 5.01 Å². The molecule has 4 nitrogen and oxygen atoms in total. The zero-order valence-corrected chi connectivity index (χ0v) is 13.3. The molecule has 21 heavy (non-hydrogen) atoms. The predicted octanol–water partition coefficient (Wildman–Crippen LogP) is 3.55. The molecule has 0 saturated carbocycles. The van der Waals surface area contributed by atoms with Gasteiger partial charge < -0.3 is 5.32 Å². The summed E-state index contributed by atoms with van der Waals surface area (Å²) in [4.78, 5) is 13.3. The van der Waals surface area contributed by atoms with Gasteiger partial charge in [-0.05, 0) is 12.1 Å². The molecule has 0 aliphatic heterocycles. The van der Waals surface area contributed by atoms with Crippen molar-refractivity contribution >= 4 is 22.7 Å². The first-order chi connectivity index (χ1) is 10.3. The van der Waals surface area contributed by atoms with E-state index in [1.165, 1.54) is 5.01 Å². The van der Waals surface area contributed by atoms with Crippen molar-refractivity contribution in [2.75, 3.05) is 6.54 Å². The van der Waals surface area contributed by atoms with E-state index in [4.69, 9.17) is 0 Å². The van der Waals surface area contributed by atoms with E-state index >= 15 is 0 Å². The molecule has 0 saturated heterocycles. The summed E-state index contributed by atoms with van der Waals surface area (Å²) >= 11 is 3.34. The zero-order chi connectivity index (χ0) is 14.5. The number of hydrogen-bond donors (Lipinski definition) is 1. The van der Waals surface area contributed by atoms with Gasteiger partial charge in [0.15, 0.2) is 0 Å². The van der Waals surface area contributed by atoms with Crippen molar-refractivity contribution in [3.8, 4) is 10.7 Å². The maximum absolute atomic E-state index is 4.62. The van der Waals surface area contributed by atoms with E-state index in [2.05, 4.69) is 32.6 Å². The van der Waals surface area contributed by atoms with Gasteiger partial charge >= 0.3 is 0 Å². The highest BCUT2D eigenvalue weighted by atomic mass is 32.1. The standard InChI is InChI=1S/C15H16N4S2/c1-11(14-18-6-7-20-14)8-16-9-12-10-21-15(19-12)13-4-2-3-5-17-13/h2-7,10-11,16H,8-9H2,1H3. The van der Waals surface area contributed by atoms with E-state index in [0.29, 0.717) is 5.92 Å². The fourth-order valence-electron chi connectivity index (χ4n) is 1.98. The first-order valence-corrected chi connectivity index (χ1v) is 8.55. The molecule has 0 bridgehead atoms. The Labute approximate surface area is 131 Å². The summed E-state index contributed by atoms with van der Waals surface area (Å²) in [5, 5.41) is 9.70. The van der Waals surface area contributed by atoms with E-state index in [-0.39, 0.29) is 0 Å². The first-order valence-electron chi connectivity index (χ1n) is 6.79. The maximum Gasteiger partial charge on any atom is 0.142 e. The Morgan fingerprint density at radius 1 is 1.19 bits per heavy atom. The molecule has 0 aliphatic rings. The van der Waals surface area contributed by atoms with Crippen molar-refractivity contribution in [1.29, 1.82) is 0 Å². The van der Waals surface area contributed by atoms with Crippen LogP contribution in [0.4, 0.5) is 0 Å². The van der Waals surface area contributed by atoms with Crippen molar-refractivity contribution in [2.45, 2.75) is 19.4 Å². The molecule has 3 aromatic rings. The Morgan fingerprint density at radius 3 is 2.90 bits per heavy atom. The van der Waals surface area contributed by atoms with E-state index in [1.54, 1.807) is 28.9 Å². The van der Waals surface area contributed by atoms with E-state index in [1.807, 2.05) is 29.8 Å². The molecule has 1 unspecified atom stereocenters. The summed E-state index contributed by atoms with van der Waals surface area (Å²) in [5.41, 5.74) is 2.00. The molecule has 3 heterocycles. The monoisotopic (exact) mass is 316 g/mol. The number of nitrogens with zero attached hydrogens (tertiary/aromatic N) is 3. The number of aromatic nitrogens is 3. The summed E-state index contributed by atoms with van der Waals surface area (Å²) < 4.78 is 0. The third kappa shape index (κ3) is 3.72. The fraction of sp³-hybridized carbons (Fsp3) is 0.267. The summed E-state index contributed by atoms with van der Waals surface area (Å²) in [5.74, 6) is 0.430. The fourth-order valence-corrected chi connectivity index (χ4v) is 3.47. The van der Waals surface area contributed by atoms with Crippen LogP contribution in [-0.2, 0) is 6.54 Å². The van der Waals surface area contributed by atoms with Crippen LogP contribution in [0, 0.1) is 0 Å². The minimum atomic E-state index is 0.430. The molecular weight excluding hydrogens is 300 g/mol. The molecule has 0 fully saturated rings. The molecule has 0 aliphatic carbocycles. The number of thiazole rings is 2. The Bertz CT molecular complexity index is 664. The van der Waals surface area contributed by atoms with Crippen LogP contribution in [0.3, 0.4) is 0 Å². The van der Waals surface area contributed by atoms with Gasteiger partial charge in [-0.2, -0.15) is 0 Å². The minimum absolute atomic E-state index is 0.430. The van der Waals surface area contributed by atoms with Crippen LogP contribution in [0.5, 0.6) is 0 Å². The van der Waals surface area contributed by atoms with E-state index < -0.39 is 0 Å². The number of rotatable bonds is 6. The SMILES string of the molecule is CC(CNCc1csc(-c2ccccn2)n1)c1nccs1. The van der Waals surface area contributed by atoms with Gasteiger partial charge in [-0.15, -0.1) is 22.7 Å². The molecule has 1 atom stereocenters. The molecular formula is C15H16N4S2. The van der Waals surface area contributed by atoms with Gasteiger partial charge in [0.25, 0.3) is 0 Å². The van der Waals surface area contributed by atoms with Crippen molar-refractivity contribution in [3.05, 3.63) is 52.1 Å². The molecule has 108 valence electrons. The highest BCUT2D eigenvalue weighted by Crippen LogP contribution is 2.21. The largest absolute Gasteiger partial charge is 0.310 e. The Morgan fingerprint density at radius 2 is 2.14 bits per heavy atom. The van der Waals surface area contributed by atoms with Crippen molar-refractivity contribution in [2.24, 2.45) is 0 Å². The van der Waals surface area contributed by atoms with Gasteiger partial charge in [-0.25, -0.2) is 9.97 Å². The van der Waals surface area contributed by atoms with Crippen molar-refractivity contribution in [3.63, 3.8) is 0 Å². The molecule has 0 amide bonds. The van der Waals surface area contributed by atoms with Crippen LogP contribution < -0.4 is 5.32 Å². The van der Waals surface area contributed by atoms with Crippen LogP contribution in [-0.4, -0.2) is 21.5 Å². The number of hydrogen-bond acceptors (Lipinski definition) is 6. The molecule has 0 radical (unpaired) electrons. The van der Waals surface area contributed by atoms with Gasteiger partial charge in [0.05, 0.1) is 16.4 Å². The van der Waals surface area contributed by atoms with Crippen molar-refractivity contribution < 1.29 is 0 Å². The molecule has 0 aromatic carbocycles. The molecule has 0 spiro atoms. The molecule has 1 N–H and O–H groups in total. The van der Waals surface area contributed by atoms with Crippen LogP contribution in [0.15, 0.2) is 41.4 Å². The average molecular weight is 316 g/mol. The van der Waals surface area contributed by atoms with Gasteiger partial charge in [0.2, 0.25) is 0 Å². The van der Waals surface area contributed by atoms with Crippen LogP contribution in [0.1, 0.15) is 23.5 Å². The van der Waals surface area contributed by atoms with Gasteiger partial charge in [0, 0.05) is 42.2 Å². The summed E-state index contributed by atoms with van der Waals surface area (Å²) in [6, 6.07) is 5.89. The molecule has 6 heteroatoms. The number of nitrogens with one attached hydrogen (secondary N) is 1. The lowest BCUT2D eigenvalue weighted by Gasteiger charge is -2.08. The Hall–Kier alpha value is -1.63.